The molecule has 1 N–H and O–H groups in total. The SMILES string of the molecule is CC(C)(C)OC(=O)N[C@@H]1C[C@@H](C(=O)N(Cc2cccc(Cl)c2Cl)C2CC2)CN(C(=O)OCC2c3ccccc3-c3ccccc32)C1. The lowest BCUT2D eigenvalue weighted by molar-refractivity contribution is -0.138. The normalized spacial score (nSPS) is 19.2. The number of likely N-dealkylation sites (tertiary alicyclic amines) is 1. The summed E-state index contributed by atoms with van der Waals surface area (Å²) in [4.78, 5) is 44.0. The maximum absolute atomic E-state index is 14.2. The van der Waals surface area contributed by atoms with Crippen LogP contribution in [0.4, 0.5) is 9.59 Å². The molecule has 46 heavy (non-hydrogen) atoms. The summed E-state index contributed by atoms with van der Waals surface area (Å²) in [6.07, 6.45) is 1.03. The predicted octanol–water partition coefficient (Wildman–Crippen LogP) is 7.65. The van der Waals surface area contributed by atoms with Gasteiger partial charge >= 0.3 is 12.2 Å². The van der Waals surface area contributed by atoms with E-state index in [-0.39, 0.29) is 37.6 Å². The van der Waals surface area contributed by atoms with Crippen LogP contribution in [0.25, 0.3) is 11.1 Å². The Balaban J connectivity index is 1.20. The average Bonchev–Trinajstić information content (AvgIpc) is 3.81. The Kier molecular flexibility index (Phi) is 9.22. The first-order valence-corrected chi connectivity index (χ1v) is 16.6. The molecule has 3 aliphatic rings. The van der Waals surface area contributed by atoms with Gasteiger partial charge in [0.15, 0.2) is 0 Å². The number of carbonyl (C=O) groups is 3. The highest BCUT2D eigenvalue weighted by molar-refractivity contribution is 6.42. The standard InChI is InChI=1S/C36H39Cl2N3O5/c1-36(2,3)46-34(43)39-24-17-23(33(42)41(25-15-16-25)19-22-9-8-14-31(37)32(22)38)18-40(20-24)35(44)45-21-30-28-12-6-4-10-26(28)27-11-5-7-13-29(27)30/h4-14,23-25,30H,15-21H2,1-3H3,(H,39,43)/t23-,24-/m1/s1. The van der Waals surface area contributed by atoms with Crippen molar-refractivity contribution in [3.05, 3.63) is 93.5 Å². The van der Waals surface area contributed by atoms with Crippen LogP contribution < -0.4 is 5.32 Å². The van der Waals surface area contributed by atoms with Crippen LogP contribution in [0.15, 0.2) is 66.7 Å². The van der Waals surface area contributed by atoms with Gasteiger partial charge in [0.2, 0.25) is 5.91 Å². The molecule has 0 unspecified atom stereocenters. The van der Waals surface area contributed by atoms with Crippen LogP contribution in [0.2, 0.25) is 10.0 Å². The fourth-order valence-electron chi connectivity index (χ4n) is 6.55. The Morgan fingerprint density at radius 1 is 0.913 bits per heavy atom. The Labute approximate surface area is 279 Å². The molecule has 3 aromatic carbocycles. The Hall–Kier alpha value is -3.75. The molecule has 0 spiro atoms. The van der Waals surface area contributed by atoms with Crippen LogP contribution in [-0.4, -0.2) is 65.3 Å². The van der Waals surface area contributed by atoms with Crippen LogP contribution in [0.1, 0.15) is 62.6 Å². The molecule has 1 heterocycles. The molecule has 8 nitrogen and oxygen atoms in total. The van der Waals surface area contributed by atoms with E-state index in [9.17, 15) is 14.4 Å². The fourth-order valence-corrected chi connectivity index (χ4v) is 6.93. The molecule has 242 valence electrons. The topological polar surface area (TPSA) is 88.2 Å². The molecule has 1 saturated carbocycles. The molecule has 3 aromatic rings. The van der Waals surface area contributed by atoms with Gasteiger partial charge in [-0.3, -0.25) is 4.79 Å². The first kappa shape index (κ1) is 32.2. The van der Waals surface area contributed by atoms with E-state index >= 15 is 0 Å². The van der Waals surface area contributed by atoms with Crippen molar-refractivity contribution in [3.63, 3.8) is 0 Å². The van der Waals surface area contributed by atoms with Gasteiger partial charge in [-0.1, -0.05) is 83.9 Å². The molecule has 2 atom stereocenters. The van der Waals surface area contributed by atoms with E-state index in [1.807, 2.05) is 41.3 Å². The highest BCUT2D eigenvalue weighted by Gasteiger charge is 2.42. The van der Waals surface area contributed by atoms with E-state index in [1.54, 1.807) is 26.8 Å². The number of carbonyl (C=O) groups excluding carboxylic acids is 3. The number of ether oxygens (including phenoxy) is 2. The van der Waals surface area contributed by atoms with Gasteiger partial charge in [0.1, 0.15) is 12.2 Å². The van der Waals surface area contributed by atoms with Gasteiger partial charge in [0.25, 0.3) is 0 Å². The number of fused-ring (bicyclic) bond motifs is 3. The number of benzene rings is 3. The number of halogens is 2. The molecule has 0 radical (unpaired) electrons. The Bertz CT molecular complexity index is 1590. The van der Waals surface area contributed by atoms with Crippen LogP contribution in [0.5, 0.6) is 0 Å². The number of piperidine rings is 1. The number of alkyl carbamates (subject to hydrolysis) is 1. The van der Waals surface area contributed by atoms with E-state index in [1.165, 1.54) is 4.90 Å². The first-order chi connectivity index (χ1) is 22.0. The van der Waals surface area contributed by atoms with Gasteiger partial charge < -0.3 is 24.6 Å². The highest BCUT2D eigenvalue weighted by Crippen LogP contribution is 2.44. The molecule has 2 fully saturated rings. The molecule has 2 aliphatic carbocycles. The van der Waals surface area contributed by atoms with Gasteiger partial charge in [-0.25, -0.2) is 9.59 Å². The zero-order valence-corrected chi connectivity index (χ0v) is 27.8. The molecule has 10 heteroatoms. The van der Waals surface area contributed by atoms with Crippen LogP contribution in [0.3, 0.4) is 0 Å². The van der Waals surface area contributed by atoms with Crippen molar-refractivity contribution < 1.29 is 23.9 Å². The third-order valence-electron chi connectivity index (χ3n) is 8.76. The first-order valence-electron chi connectivity index (χ1n) is 15.8. The lowest BCUT2D eigenvalue weighted by Crippen LogP contribution is -2.56. The van der Waals surface area contributed by atoms with Crippen molar-refractivity contribution >= 4 is 41.3 Å². The van der Waals surface area contributed by atoms with Gasteiger partial charge in [-0.05, 0) is 73.9 Å². The van der Waals surface area contributed by atoms with Crippen molar-refractivity contribution in [2.75, 3.05) is 19.7 Å². The number of nitrogens with one attached hydrogen (secondary N) is 1. The van der Waals surface area contributed by atoms with Crippen molar-refractivity contribution in [1.82, 2.24) is 15.1 Å². The molecular formula is C36H39Cl2N3O5. The van der Waals surface area contributed by atoms with Crippen molar-refractivity contribution in [3.8, 4) is 11.1 Å². The molecule has 1 saturated heterocycles. The fraction of sp³-hybridized carbons (Fsp3) is 0.417. The minimum Gasteiger partial charge on any atom is -0.448 e. The van der Waals surface area contributed by atoms with E-state index in [2.05, 4.69) is 29.6 Å². The maximum atomic E-state index is 14.2. The summed E-state index contributed by atoms with van der Waals surface area (Å²) < 4.78 is 11.5. The van der Waals surface area contributed by atoms with Crippen molar-refractivity contribution in [2.45, 2.75) is 70.2 Å². The van der Waals surface area contributed by atoms with Gasteiger partial charge in [0, 0.05) is 31.6 Å². The van der Waals surface area contributed by atoms with Gasteiger partial charge in [0.05, 0.1) is 22.0 Å². The van der Waals surface area contributed by atoms with Gasteiger partial charge in [-0.15, -0.1) is 0 Å². The Morgan fingerprint density at radius 3 is 2.20 bits per heavy atom. The summed E-state index contributed by atoms with van der Waals surface area (Å²) in [5.74, 6) is -0.750. The van der Waals surface area contributed by atoms with Crippen LogP contribution >= 0.6 is 23.2 Å². The molecule has 6 rings (SSSR count). The largest absolute Gasteiger partial charge is 0.448 e. The lowest BCUT2D eigenvalue weighted by Gasteiger charge is -2.39. The summed E-state index contributed by atoms with van der Waals surface area (Å²) in [5, 5.41) is 3.76. The number of amides is 3. The average molecular weight is 665 g/mol. The summed E-state index contributed by atoms with van der Waals surface area (Å²) in [6.45, 7) is 6.21. The number of rotatable bonds is 7. The quantitative estimate of drug-likeness (QED) is 0.281. The molecule has 0 bridgehead atoms. The number of hydrogen-bond donors (Lipinski definition) is 1. The minimum absolute atomic E-state index is 0.0876. The highest BCUT2D eigenvalue weighted by atomic mass is 35.5. The maximum Gasteiger partial charge on any atom is 0.409 e. The monoisotopic (exact) mass is 663 g/mol. The van der Waals surface area contributed by atoms with Gasteiger partial charge in [-0.2, -0.15) is 0 Å². The minimum atomic E-state index is -0.695. The number of hydrogen-bond acceptors (Lipinski definition) is 5. The third-order valence-corrected chi connectivity index (χ3v) is 9.62. The molecule has 0 aromatic heterocycles. The van der Waals surface area contributed by atoms with Crippen LogP contribution in [-0.2, 0) is 20.8 Å². The summed E-state index contributed by atoms with van der Waals surface area (Å²) >= 11 is 12.8. The van der Waals surface area contributed by atoms with Crippen LogP contribution in [0, 0.1) is 5.92 Å². The lowest BCUT2D eigenvalue weighted by atomic mass is 9.92. The molecule has 3 amide bonds. The zero-order valence-electron chi connectivity index (χ0n) is 26.3. The second-order valence-electron chi connectivity index (χ2n) is 13.4. The third kappa shape index (κ3) is 7.13. The number of nitrogens with zero attached hydrogens (tertiary/aromatic N) is 2. The van der Waals surface area contributed by atoms with E-state index in [4.69, 9.17) is 32.7 Å². The summed E-state index contributed by atoms with van der Waals surface area (Å²) in [5.41, 5.74) is 4.59. The smallest absolute Gasteiger partial charge is 0.409 e. The molecular weight excluding hydrogens is 625 g/mol. The Morgan fingerprint density at radius 2 is 1.57 bits per heavy atom. The van der Waals surface area contributed by atoms with Crippen molar-refractivity contribution in [1.29, 1.82) is 0 Å². The van der Waals surface area contributed by atoms with E-state index in [0.717, 1.165) is 40.7 Å². The zero-order chi connectivity index (χ0) is 32.6. The summed E-state index contributed by atoms with van der Waals surface area (Å²) in [6, 6.07) is 21.3. The van der Waals surface area contributed by atoms with E-state index < -0.39 is 29.7 Å². The second kappa shape index (κ2) is 13.2. The molecule has 1 aliphatic heterocycles. The summed E-state index contributed by atoms with van der Waals surface area (Å²) in [7, 11) is 0. The predicted molar refractivity (Wildman–Crippen MR) is 178 cm³/mol. The van der Waals surface area contributed by atoms with Crippen molar-refractivity contribution in [2.24, 2.45) is 5.92 Å². The van der Waals surface area contributed by atoms with E-state index in [0.29, 0.717) is 23.0 Å². The second-order valence-corrected chi connectivity index (χ2v) is 14.2.